The summed E-state index contributed by atoms with van der Waals surface area (Å²) in [5.41, 5.74) is 1.82. The number of hydrogen-bond donors (Lipinski definition) is 1. The highest BCUT2D eigenvalue weighted by molar-refractivity contribution is 6.35. The Morgan fingerprint density at radius 1 is 0.892 bits per heavy atom. The molecular formula is C29H29Cl3N2O3. The van der Waals surface area contributed by atoms with Gasteiger partial charge in [-0.05, 0) is 54.3 Å². The third-order valence-corrected chi connectivity index (χ3v) is 7.27. The zero-order chi connectivity index (χ0) is 26.2. The summed E-state index contributed by atoms with van der Waals surface area (Å²) in [5.74, 6) is -0.146. The molecule has 3 aromatic rings. The van der Waals surface area contributed by atoms with Crippen molar-refractivity contribution >= 4 is 46.6 Å². The third-order valence-electron chi connectivity index (χ3n) is 6.48. The van der Waals surface area contributed by atoms with Crippen molar-refractivity contribution in [2.45, 2.75) is 50.7 Å². The van der Waals surface area contributed by atoms with Crippen LogP contribution in [-0.4, -0.2) is 35.4 Å². The van der Waals surface area contributed by atoms with Gasteiger partial charge in [-0.15, -0.1) is 0 Å². The van der Waals surface area contributed by atoms with E-state index in [0.717, 1.165) is 36.8 Å². The van der Waals surface area contributed by atoms with Crippen molar-refractivity contribution in [1.29, 1.82) is 0 Å². The van der Waals surface area contributed by atoms with Gasteiger partial charge in [0.05, 0.1) is 5.02 Å². The van der Waals surface area contributed by atoms with E-state index < -0.39 is 6.04 Å². The van der Waals surface area contributed by atoms with Crippen LogP contribution in [-0.2, 0) is 22.6 Å². The second kappa shape index (κ2) is 13.2. The molecule has 1 aliphatic carbocycles. The Morgan fingerprint density at radius 2 is 1.57 bits per heavy atom. The molecule has 3 aromatic carbocycles. The van der Waals surface area contributed by atoms with Crippen molar-refractivity contribution in [3.8, 4) is 5.75 Å². The first-order chi connectivity index (χ1) is 17.9. The van der Waals surface area contributed by atoms with E-state index in [1.165, 1.54) is 0 Å². The standard InChI is InChI=1S/C29H29Cl3N2O3/c30-22-12-10-21(11-13-22)18-34(28(35)19-37-27-15-14-23(31)17-25(27)32)26(16-20-6-2-1-3-7-20)29(36)33-24-8-4-5-9-24/h1-3,6-7,10-15,17,24,26H,4-5,8-9,16,18-19H2,(H,33,36). The Balaban J connectivity index is 1.61. The fraction of sp³-hybridized carbons (Fsp3) is 0.310. The molecular weight excluding hydrogens is 531 g/mol. The second-order valence-corrected chi connectivity index (χ2v) is 10.5. The highest BCUT2D eigenvalue weighted by Crippen LogP contribution is 2.28. The summed E-state index contributed by atoms with van der Waals surface area (Å²) in [6.45, 7) is -0.0553. The lowest BCUT2D eigenvalue weighted by molar-refractivity contribution is -0.143. The van der Waals surface area contributed by atoms with Gasteiger partial charge in [-0.25, -0.2) is 0 Å². The van der Waals surface area contributed by atoms with Crippen LogP contribution in [0.15, 0.2) is 72.8 Å². The van der Waals surface area contributed by atoms with Gasteiger partial charge in [0.25, 0.3) is 5.91 Å². The SMILES string of the molecule is O=C(NC1CCCC1)C(Cc1ccccc1)N(Cc1ccc(Cl)cc1)C(=O)COc1ccc(Cl)cc1Cl. The summed E-state index contributed by atoms with van der Waals surface area (Å²) in [5, 5.41) is 4.57. The Hall–Kier alpha value is -2.73. The number of nitrogens with one attached hydrogen (secondary N) is 1. The lowest BCUT2D eigenvalue weighted by Crippen LogP contribution is -2.53. The quantitative estimate of drug-likeness (QED) is 0.300. The number of hydrogen-bond acceptors (Lipinski definition) is 3. The van der Waals surface area contributed by atoms with Gasteiger partial charge in [0.2, 0.25) is 5.91 Å². The molecule has 37 heavy (non-hydrogen) atoms. The summed E-state index contributed by atoms with van der Waals surface area (Å²) in [4.78, 5) is 28.9. The average Bonchev–Trinajstić information content (AvgIpc) is 3.40. The minimum Gasteiger partial charge on any atom is -0.482 e. The largest absolute Gasteiger partial charge is 0.482 e. The molecule has 1 fully saturated rings. The molecule has 1 atom stereocenters. The lowest BCUT2D eigenvalue weighted by atomic mass is 10.0. The Labute approximate surface area is 232 Å². The van der Waals surface area contributed by atoms with E-state index in [1.807, 2.05) is 42.5 Å². The van der Waals surface area contributed by atoms with Crippen LogP contribution in [0.2, 0.25) is 15.1 Å². The normalized spacial score (nSPS) is 14.2. The Bertz CT molecular complexity index is 1200. The van der Waals surface area contributed by atoms with Crippen LogP contribution in [0.25, 0.3) is 0 Å². The van der Waals surface area contributed by atoms with Gasteiger partial charge in [0, 0.05) is 29.1 Å². The number of carbonyl (C=O) groups excluding carboxylic acids is 2. The Morgan fingerprint density at radius 3 is 2.24 bits per heavy atom. The van der Waals surface area contributed by atoms with Crippen LogP contribution >= 0.6 is 34.8 Å². The van der Waals surface area contributed by atoms with E-state index in [0.29, 0.717) is 27.2 Å². The number of benzene rings is 3. The van der Waals surface area contributed by atoms with E-state index in [9.17, 15) is 9.59 Å². The molecule has 194 valence electrons. The summed E-state index contributed by atoms with van der Waals surface area (Å²) in [6, 6.07) is 21.2. The van der Waals surface area contributed by atoms with Crippen LogP contribution < -0.4 is 10.1 Å². The molecule has 0 radical (unpaired) electrons. The summed E-state index contributed by atoms with van der Waals surface area (Å²) < 4.78 is 5.77. The van der Waals surface area contributed by atoms with Gasteiger partial charge < -0.3 is 15.0 Å². The minimum atomic E-state index is -0.726. The van der Waals surface area contributed by atoms with Gasteiger partial charge in [0.1, 0.15) is 11.8 Å². The smallest absolute Gasteiger partial charge is 0.261 e. The molecule has 2 amide bonds. The third kappa shape index (κ3) is 7.88. The van der Waals surface area contributed by atoms with Gasteiger partial charge in [0.15, 0.2) is 6.61 Å². The molecule has 1 saturated carbocycles. The second-order valence-electron chi connectivity index (χ2n) is 9.21. The molecule has 0 saturated heterocycles. The zero-order valence-corrected chi connectivity index (χ0v) is 22.6. The van der Waals surface area contributed by atoms with E-state index >= 15 is 0 Å². The topological polar surface area (TPSA) is 58.6 Å². The molecule has 0 aromatic heterocycles. The molecule has 0 heterocycles. The van der Waals surface area contributed by atoms with Crippen LogP contribution in [0, 0.1) is 0 Å². The summed E-state index contributed by atoms with van der Waals surface area (Å²) in [7, 11) is 0. The number of ether oxygens (including phenoxy) is 1. The number of rotatable bonds is 10. The molecule has 4 rings (SSSR count). The fourth-order valence-electron chi connectivity index (χ4n) is 4.52. The van der Waals surface area contributed by atoms with Crippen LogP contribution in [0.4, 0.5) is 0 Å². The maximum atomic E-state index is 13.7. The van der Waals surface area contributed by atoms with Gasteiger partial charge in [-0.2, -0.15) is 0 Å². The van der Waals surface area contributed by atoms with Gasteiger partial charge >= 0.3 is 0 Å². The van der Waals surface area contributed by atoms with E-state index in [2.05, 4.69) is 5.32 Å². The van der Waals surface area contributed by atoms with E-state index in [1.54, 1.807) is 35.2 Å². The van der Waals surface area contributed by atoms with Crippen molar-refractivity contribution in [2.75, 3.05) is 6.61 Å². The number of nitrogens with zero attached hydrogens (tertiary/aromatic N) is 1. The fourth-order valence-corrected chi connectivity index (χ4v) is 5.11. The number of halogens is 3. The number of carbonyl (C=O) groups is 2. The monoisotopic (exact) mass is 558 g/mol. The molecule has 1 aliphatic rings. The minimum absolute atomic E-state index is 0.127. The maximum Gasteiger partial charge on any atom is 0.261 e. The number of amides is 2. The van der Waals surface area contributed by atoms with Gasteiger partial charge in [-0.3, -0.25) is 9.59 Å². The Kier molecular flexibility index (Phi) is 9.73. The van der Waals surface area contributed by atoms with Crippen LogP contribution in [0.1, 0.15) is 36.8 Å². The average molecular weight is 560 g/mol. The van der Waals surface area contributed by atoms with Crippen LogP contribution in [0.5, 0.6) is 5.75 Å². The molecule has 5 nitrogen and oxygen atoms in total. The van der Waals surface area contributed by atoms with Gasteiger partial charge in [-0.1, -0.05) is 90.1 Å². The zero-order valence-electron chi connectivity index (χ0n) is 20.3. The maximum absolute atomic E-state index is 13.7. The molecule has 1 unspecified atom stereocenters. The van der Waals surface area contributed by atoms with Crippen molar-refractivity contribution in [2.24, 2.45) is 0 Å². The van der Waals surface area contributed by atoms with Crippen LogP contribution in [0.3, 0.4) is 0 Å². The highest BCUT2D eigenvalue weighted by Gasteiger charge is 2.32. The van der Waals surface area contributed by atoms with Crippen molar-refractivity contribution in [1.82, 2.24) is 10.2 Å². The first kappa shape index (κ1) is 27.3. The highest BCUT2D eigenvalue weighted by atomic mass is 35.5. The predicted molar refractivity (Wildman–Crippen MR) is 148 cm³/mol. The van der Waals surface area contributed by atoms with Crippen molar-refractivity contribution in [3.63, 3.8) is 0 Å². The van der Waals surface area contributed by atoms with Crippen molar-refractivity contribution < 1.29 is 14.3 Å². The van der Waals surface area contributed by atoms with Crippen molar-refractivity contribution in [3.05, 3.63) is 99.0 Å². The first-order valence-corrected chi connectivity index (χ1v) is 13.5. The molecule has 1 N–H and O–H groups in total. The van der Waals surface area contributed by atoms with E-state index in [-0.39, 0.29) is 31.0 Å². The molecule has 0 spiro atoms. The molecule has 0 aliphatic heterocycles. The predicted octanol–water partition coefficient (Wildman–Crippen LogP) is 6.72. The lowest BCUT2D eigenvalue weighted by Gasteiger charge is -2.32. The summed E-state index contributed by atoms with van der Waals surface area (Å²) in [6.07, 6.45) is 4.47. The first-order valence-electron chi connectivity index (χ1n) is 12.3. The van der Waals surface area contributed by atoms with E-state index in [4.69, 9.17) is 39.5 Å². The molecule has 8 heteroatoms. The molecule has 0 bridgehead atoms. The summed E-state index contributed by atoms with van der Waals surface area (Å²) >= 11 is 18.3.